The van der Waals surface area contributed by atoms with E-state index in [1.807, 2.05) is 27.7 Å². The maximum absolute atomic E-state index is 10.3. The van der Waals surface area contributed by atoms with E-state index < -0.39 is 5.72 Å². The lowest BCUT2D eigenvalue weighted by molar-refractivity contribution is -0.0877. The number of thiocarbonyl (C=S) groups is 1. The zero-order chi connectivity index (χ0) is 11.9. The number of hydrogen-bond donors (Lipinski definition) is 2. The monoisotopic (exact) mass is 229 g/mol. The minimum Gasteiger partial charge on any atom is -0.369 e. The first kappa shape index (κ1) is 12.4. The van der Waals surface area contributed by atoms with Crippen molar-refractivity contribution in [2.75, 3.05) is 0 Å². The van der Waals surface area contributed by atoms with Crippen molar-refractivity contribution < 1.29 is 5.11 Å². The predicted molar refractivity (Wildman–Crippen MR) is 65.7 cm³/mol. The molecule has 0 bridgehead atoms. The summed E-state index contributed by atoms with van der Waals surface area (Å²) in [5, 5.41) is 19.6. The highest BCUT2D eigenvalue weighted by molar-refractivity contribution is 7.80. The van der Waals surface area contributed by atoms with Crippen molar-refractivity contribution in [2.24, 2.45) is 5.10 Å². The molecule has 0 saturated carbocycles. The molecule has 2 N–H and O–H groups in total. The molecule has 4 nitrogen and oxygen atoms in total. The molecule has 1 fully saturated rings. The van der Waals surface area contributed by atoms with E-state index in [9.17, 15) is 5.11 Å². The second-order valence-corrected chi connectivity index (χ2v) is 5.45. The van der Waals surface area contributed by atoms with Crippen molar-refractivity contribution in [3.8, 4) is 0 Å². The summed E-state index contributed by atoms with van der Waals surface area (Å²) in [7, 11) is 0. The normalized spacial score (nSPS) is 29.7. The minimum atomic E-state index is -1.02. The van der Waals surface area contributed by atoms with Gasteiger partial charge >= 0.3 is 0 Å². The molecule has 1 aliphatic rings. The molecule has 0 spiro atoms. The zero-order valence-electron chi connectivity index (χ0n) is 9.96. The Morgan fingerprint density at radius 2 is 2.00 bits per heavy atom. The van der Waals surface area contributed by atoms with E-state index in [0.717, 1.165) is 5.71 Å². The van der Waals surface area contributed by atoms with Crippen LogP contribution in [0.1, 0.15) is 41.0 Å². The number of aliphatic hydroxyl groups is 1. The fourth-order valence-electron chi connectivity index (χ4n) is 1.87. The summed E-state index contributed by atoms with van der Waals surface area (Å²) in [6, 6.07) is 0. The van der Waals surface area contributed by atoms with E-state index in [1.165, 1.54) is 5.01 Å². The zero-order valence-corrected chi connectivity index (χ0v) is 10.8. The Kier molecular flexibility index (Phi) is 3.07. The molecule has 0 aromatic rings. The van der Waals surface area contributed by atoms with E-state index in [-0.39, 0.29) is 5.54 Å². The van der Waals surface area contributed by atoms with Crippen LogP contribution in [0.2, 0.25) is 0 Å². The number of nitrogens with one attached hydrogen (secondary N) is 1. The van der Waals surface area contributed by atoms with Gasteiger partial charge in [0.1, 0.15) is 0 Å². The lowest BCUT2D eigenvalue weighted by Crippen LogP contribution is -2.64. The first-order chi connectivity index (χ1) is 6.64. The number of hydrazone groups is 1. The van der Waals surface area contributed by atoms with Crippen LogP contribution in [-0.2, 0) is 0 Å². The molecule has 1 aliphatic heterocycles. The van der Waals surface area contributed by atoms with Crippen LogP contribution >= 0.6 is 12.2 Å². The Hall–Kier alpha value is -0.680. The summed E-state index contributed by atoms with van der Waals surface area (Å²) in [6.07, 6.45) is 0.566. The summed E-state index contributed by atoms with van der Waals surface area (Å²) in [6.45, 7) is 9.49. The van der Waals surface area contributed by atoms with Gasteiger partial charge in [-0.3, -0.25) is 0 Å². The Morgan fingerprint density at radius 1 is 1.47 bits per heavy atom. The van der Waals surface area contributed by atoms with E-state index in [4.69, 9.17) is 12.2 Å². The largest absolute Gasteiger partial charge is 0.369 e. The summed E-state index contributed by atoms with van der Waals surface area (Å²) >= 11 is 5.19. The third-order valence-corrected chi connectivity index (χ3v) is 2.45. The lowest BCUT2D eigenvalue weighted by atomic mass is 9.91. The molecular weight excluding hydrogens is 210 g/mol. The highest BCUT2D eigenvalue weighted by atomic mass is 32.1. The smallest absolute Gasteiger partial charge is 0.192 e. The SMILES string of the molecule is CC(C)=NN1C(=S)NC(C)(C)CC1(C)O. The molecule has 15 heavy (non-hydrogen) atoms. The van der Waals surface area contributed by atoms with Gasteiger partial charge in [0.05, 0.1) is 0 Å². The van der Waals surface area contributed by atoms with Crippen molar-refractivity contribution >= 4 is 23.0 Å². The summed E-state index contributed by atoms with van der Waals surface area (Å²) in [4.78, 5) is 0. The second-order valence-electron chi connectivity index (χ2n) is 5.07. The Morgan fingerprint density at radius 3 is 2.40 bits per heavy atom. The average molecular weight is 229 g/mol. The molecule has 1 heterocycles. The fourth-order valence-corrected chi connectivity index (χ4v) is 2.38. The molecule has 0 radical (unpaired) electrons. The topological polar surface area (TPSA) is 47.9 Å². The quantitative estimate of drug-likeness (QED) is 0.528. The van der Waals surface area contributed by atoms with E-state index in [0.29, 0.717) is 11.5 Å². The molecule has 0 aliphatic carbocycles. The molecule has 1 rings (SSSR count). The molecule has 86 valence electrons. The Balaban J connectivity index is 2.99. The standard InChI is InChI=1S/C10H19N3OS/c1-7(2)12-13-8(15)11-9(3,4)6-10(13,5)14/h14H,6H2,1-5H3,(H,11,15). The third kappa shape index (κ3) is 2.89. The van der Waals surface area contributed by atoms with E-state index in [1.54, 1.807) is 6.92 Å². The maximum Gasteiger partial charge on any atom is 0.192 e. The summed E-state index contributed by atoms with van der Waals surface area (Å²) in [5.41, 5.74) is -0.365. The molecule has 0 aromatic heterocycles. The van der Waals surface area contributed by atoms with Gasteiger partial charge in [-0.2, -0.15) is 5.10 Å². The molecule has 1 atom stereocenters. The van der Waals surface area contributed by atoms with Gasteiger partial charge in [-0.05, 0) is 46.8 Å². The summed E-state index contributed by atoms with van der Waals surface area (Å²) in [5.74, 6) is 0. The number of rotatable bonds is 1. The van der Waals surface area contributed by atoms with Gasteiger partial charge < -0.3 is 10.4 Å². The molecule has 0 aromatic carbocycles. The van der Waals surface area contributed by atoms with Gasteiger partial charge in [0.15, 0.2) is 10.8 Å². The molecule has 1 saturated heterocycles. The molecule has 1 unspecified atom stereocenters. The Bertz CT molecular complexity index is 306. The average Bonchev–Trinajstić information content (AvgIpc) is 1.93. The van der Waals surface area contributed by atoms with Gasteiger partial charge in [-0.25, -0.2) is 5.01 Å². The van der Waals surface area contributed by atoms with Crippen LogP contribution < -0.4 is 5.32 Å². The third-order valence-electron chi connectivity index (χ3n) is 2.17. The first-order valence-electron chi connectivity index (χ1n) is 5.01. The molecule has 5 heteroatoms. The fraction of sp³-hybridized carbons (Fsp3) is 0.800. The van der Waals surface area contributed by atoms with Crippen LogP contribution in [-0.4, -0.2) is 32.2 Å². The Labute approximate surface area is 96.3 Å². The minimum absolute atomic E-state index is 0.200. The van der Waals surface area contributed by atoms with Crippen LogP contribution in [0.15, 0.2) is 5.10 Å². The van der Waals surface area contributed by atoms with Gasteiger partial charge in [0.25, 0.3) is 0 Å². The van der Waals surface area contributed by atoms with Gasteiger partial charge in [0, 0.05) is 17.7 Å². The first-order valence-corrected chi connectivity index (χ1v) is 5.41. The van der Waals surface area contributed by atoms with Crippen LogP contribution in [0.4, 0.5) is 0 Å². The second kappa shape index (κ2) is 3.72. The van der Waals surface area contributed by atoms with Gasteiger partial charge in [-0.1, -0.05) is 0 Å². The molecular formula is C10H19N3OS. The van der Waals surface area contributed by atoms with Crippen molar-refractivity contribution in [1.29, 1.82) is 0 Å². The van der Waals surface area contributed by atoms with Crippen molar-refractivity contribution in [1.82, 2.24) is 10.3 Å². The van der Waals surface area contributed by atoms with Gasteiger partial charge in [0.2, 0.25) is 0 Å². The van der Waals surface area contributed by atoms with Gasteiger partial charge in [-0.15, -0.1) is 0 Å². The number of nitrogens with zero attached hydrogens (tertiary/aromatic N) is 2. The van der Waals surface area contributed by atoms with Crippen molar-refractivity contribution in [2.45, 2.75) is 52.3 Å². The van der Waals surface area contributed by atoms with Crippen LogP contribution in [0.5, 0.6) is 0 Å². The van der Waals surface area contributed by atoms with Crippen molar-refractivity contribution in [3.05, 3.63) is 0 Å². The maximum atomic E-state index is 10.3. The van der Waals surface area contributed by atoms with Crippen LogP contribution in [0.25, 0.3) is 0 Å². The lowest BCUT2D eigenvalue weighted by Gasteiger charge is -2.47. The number of hydrogen-bond acceptors (Lipinski definition) is 3. The van der Waals surface area contributed by atoms with Crippen LogP contribution in [0, 0.1) is 0 Å². The highest BCUT2D eigenvalue weighted by Gasteiger charge is 2.43. The summed E-state index contributed by atoms with van der Waals surface area (Å²) < 4.78 is 0. The highest BCUT2D eigenvalue weighted by Crippen LogP contribution is 2.29. The van der Waals surface area contributed by atoms with E-state index >= 15 is 0 Å². The van der Waals surface area contributed by atoms with Crippen LogP contribution in [0.3, 0.4) is 0 Å². The van der Waals surface area contributed by atoms with E-state index in [2.05, 4.69) is 10.4 Å². The predicted octanol–water partition coefficient (Wildman–Crippen LogP) is 1.45. The molecule has 0 amide bonds. The van der Waals surface area contributed by atoms with Crippen molar-refractivity contribution in [3.63, 3.8) is 0 Å².